The van der Waals surface area contributed by atoms with Crippen molar-refractivity contribution in [1.29, 1.82) is 0 Å². The number of amides is 1. The number of aliphatic hydroxyl groups excluding tert-OH is 4. The number of carbonyl (C=O) groups excluding carboxylic acids is 1. The van der Waals surface area contributed by atoms with Gasteiger partial charge in [0.2, 0.25) is 5.91 Å². The lowest BCUT2D eigenvalue weighted by molar-refractivity contribution is -0.132. The predicted molar refractivity (Wildman–Crippen MR) is 196 cm³/mol. The number of rotatable bonds is 36. The standard InChI is InChI=1S/C40H79NO5/c1-3-5-7-9-11-13-14-15-16-17-18-19-20-21-22-23-24-25-26-28-30-32-34-38(44)40(46)41-36(35-42)39(45)37(43)33-31-29-27-12-10-8-6-4-2/h12,27,36-39,42-45H,3-11,13-26,28-35H2,1-2H3,(H,41,46)/b27-12+/t36-,37+,38+,39-/m0/s1. The van der Waals surface area contributed by atoms with E-state index in [1.165, 1.54) is 141 Å². The number of hydrogen-bond acceptors (Lipinski definition) is 5. The Kier molecular flexibility index (Phi) is 34.6. The number of unbranched alkanes of at least 4 members (excludes halogenated alkanes) is 25. The molecule has 6 nitrogen and oxygen atoms in total. The van der Waals surface area contributed by atoms with Crippen LogP contribution in [-0.2, 0) is 4.79 Å². The first-order valence-electron chi connectivity index (χ1n) is 20.1. The number of nitrogens with one attached hydrogen (secondary N) is 1. The Morgan fingerprint density at radius 1 is 0.522 bits per heavy atom. The second kappa shape index (κ2) is 35.4. The monoisotopic (exact) mass is 654 g/mol. The van der Waals surface area contributed by atoms with Crippen molar-refractivity contribution >= 4 is 5.91 Å². The summed E-state index contributed by atoms with van der Waals surface area (Å²) in [5.74, 6) is -0.594. The molecule has 0 saturated carbocycles. The van der Waals surface area contributed by atoms with Crippen molar-refractivity contribution in [2.24, 2.45) is 0 Å². The fourth-order valence-electron chi connectivity index (χ4n) is 6.23. The van der Waals surface area contributed by atoms with E-state index >= 15 is 0 Å². The van der Waals surface area contributed by atoms with Gasteiger partial charge in [0.15, 0.2) is 0 Å². The van der Waals surface area contributed by atoms with Crippen molar-refractivity contribution in [3.8, 4) is 0 Å². The van der Waals surface area contributed by atoms with Crippen LogP contribution in [0.25, 0.3) is 0 Å². The summed E-state index contributed by atoms with van der Waals surface area (Å²) in [5.41, 5.74) is 0. The number of allylic oxidation sites excluding steroid dienone is 2. The molecule has 0 saturated heterocycles. The summed E-state index contributed by atoms with van der Waals surface area (Å²) < 4.78 is 0. The Bertz CT molecular complexity index is 658. The van der Waals surface area contributed by atoms with E-state index in [1.54, 1.807) is 0 Å². The van der Waals surface area contributed by atoms with E-state index in [9.17, 15) is 25.2 Å². The van der Waals surface area contributed by atoms with Crippen molar-refractivity contribution in [3.05, 3.63) is 12.2 Å². The van der Waals surface area contributed by atoms with Crippen LogP contribution in [-0.4, -0.2) is 57.3 Å². The molecule has 0 aromatic rings. The first-order chi connectivity index (χ1) is 22.5. The van der Waals surface area contributed by atoms with Crippen LogP contribution in [0.1, 0.15) is 206 Å². The molecule has 0 aliphatic carbocycles. The van der Waals surface area contributed by atoms with Gasteiger partial charge in [-0.3, -0.25) is 4.79 Å². The minimum Gasteiger partial charge on any atom is -0.394 e. The van der Waals surface area contributed by atoms with Crippen LogP contribution in [0.2, 0.25) is 0 Å². The zero-order valence-corrected chi connectivity index (χ0v) is 30.6. The molecule has 0 heterocycles. The maximum absolute atomic E-state index is 12.4. The molecule has 5 N–H and O–H groups in total. The minimum absolute atomic E-state index is 0.367. The molecule has 0 fully saturated rings. The molecule has 0 aromatic heterocycles. The van der Waals surface area contributed by atoms with Gasteiger partial charge in [-0.1, -0.05) is 180 Å². The Labute approximate surface area is 285 Å². The maximum Gasteiger partial charge on any atom is 0.249 e. The van der Waals surface area contributed by atoms with Gasteiger partial charge in [0, 0.05) is 0 Å². The van der Waals surface area contributed by atoms with Crippen LogP contribution in [0, 0.1) is 0 Å². The van der Waals surface area contributed by atoms with E-state index < -0.39 is 36.9 Å². The molecule has 0 spiro atoms. The van der Waals surface area contributed by atoms with Crippen molar-refractivity contribution in [3.63, 3.8) is 0 Å². The summed E-state index contributed by atoms with van der Waals surface area (Å²) in [6.45, 7) is 3.97. The Morgan fingerprint density at radius 2 is 0.891 bits per heavy atom. The summed E-state index contributed by atoms with van der Waals surface area (Å²) in [5, 5.41) is 43.3. The highest BCUT2D eigenvalue weighted by atomic mass is 16.3. The molecule has 0 unspecified atom stereocenters. The highest BCUT2D eigenvalue weighted by molar-refractivity contribution is 5.80. The molecular formula is C40H79NO5. The predicted octanol–water partition coefficient (Wildman–Crippen LogP) is 9.85. The lowest BCUT2D eigenvalue weighted by Crippen LogP contribution is -2.53. The molecule has 0 aliphatic heterocycles. The molecule has 274 valence electrons. The van der Waals surface area contributed by atoms with Crippen LogP contribution in [0.15, 0.2) is 12.2 Å². The van der Waals surface area contributed by atoms with Crippen molar-refractivity contribution in [1.82, 2.24) is 5.32 Å². The normalized spacial score (nSPS) is 14.5. The molecular weight excluding hydrogens is 574 g/mol. The number of hydrogen-bond donors (Lipinski definition) is 5. The summed E-state index contributed by atoms with van der Waals surface area (Å²) >= 11 is 0. The maximum atomic E-state index is 12.4. The van der Waals surface area contributed by atoms with E-state index in [0.717, 1.165) is 38.5 Å². The van der Waals surface area contributed by atoms with Gasteiger partial charge < -0.3 is 25.7 Å². The van der Waals surface area contributed by atoms with Gasteiger partial charge in [0.1, 0.15) is 12.2 Å². The van der Waals surface area contributed by atoms with E-state index in [1.807, 2.05) is 0 Å². The van der Waals surface area contributed by atoms with E-state index in [2.05, 4.69) is 31.3 Å². The minimum atomic E-state index is -1.27. The first-order valence-corrected chi connectivity index (χ1v) is 20.1. The Hall–Kier alpha value is -0.950. The van der Waals surface area contributed by atoms with Crippen LogP contribution in [0.5, 0.6) is 0 Å². The van der Waals surface area contributed by atoms with Crippen molar-refractivity contribution < 1.29 is 25.2 Å². The molecule has 0 aliphatic rings. The fourth-order valence-corrected chi connectivity index (χ4v) is 6.23. The van der Waals surface area contributed by atoms with Gasteiger partial charge in [-0.25, -0.2) is 0 Å². The quantitative estimate of drug-likeness (QED) is 0.0342. The Morgan fingerprint density at radius 3 is 1.30 bits per heavy atom. The smallest absolute Gasteiger partial charge is 0.249 e. The second-order valence-electron chi connectivity index (χ2n) is 14.0. The number of carbonyl (C=O) groups is 1. The zero-order chi connectivity index (χ0) is 33.9. The third-order valence-corrected chi connectivity index (χ3v) is 9.48. The largest absolute Gasteiger partial charge is 0.394 e. The van der Waals surface area contributed by atoms with Crippen LogP contribution in [0.4, 0.5) is 0 Å². The molecule has 0 radical (unpaired) electrons. The second-order valence-corrected chi connectivity index (χ2v) is 14.0. The van der Waals surface area contributed by atoms with Crippen LogP contribution >= 0.6 is 0 Å². The molecule has 4 atom stereocenters. The van der Waals surface area contributed by atoms with Crippen molar-refractivity contribution in [2.45, 2.75) is 231 Å². The van der Waals surface area contributed by atoms with E-state index in [-0.39, 0.29) is 0 Å². The highest BCUT2D eigenvalue weighted by Crippen LogP contribution is 2.16. The fraction of sp³-hybridized carbons (Fsp3) is 0.925. The third-order valence-electron chi connectivity index (χ3n) is 9.48. The third kappa shape index (κ3) is 29.2. The molecule has 0 rings (SSSR count). The molecule has 6 heteroatoms. The average Bonchev–Trinajstić information content (AvgIpc) is 3.06. The molecule has 46 heavy (non-hydrogen) atoms. The lowest BCUT2D eigenvalue weighted by Gasteiger charge is -2.27. The highest BCUT2D eigenvalue weighted by Gasteiger charge is 2.28. The van der Waals surface area contributed by atoms with Gasteiger partial charge in [0.25, 0.3) is 0 Å². The van der Waals surface area contributed by atoms with Crippen molar-refractivity contribution in [2.75, 3.05) is 6.61 Å². The van der Waals surface area contributed by atoms with Crippen LogP contribution in [0.3, 0.4) is 0 Å². The first kappa shape index (κ1) is 45.0. The summed E-state index contributed by atoms with van der Waals surface area (Å²) in [7, 11) is 0. The van der Waals surface area contributed by atoms with E-state index in [0.29, 0.717) is 12.8 Å². The van der Waals surface area contributed by atoms with Gasteiger partial charge in [0.05, 0.1) is 18.8 Å². The SMILES string of the molecule is CCCCC/C=C/CCC[C@@H](O)[C@@H](O)[C@H](CO)NC(=O)[C@H](O)CCCCCCCCCCCCCCCCCCCCCCCC. The summed E-state index contributed by atoms with van der Waals surface area (Å²) in [6.07, 6.45) is 36.9. The summed E-state index contributed by atoms with van der Waals surface area (Å²) in [6, 6.07) is -0.994. The lowest BCUT2D eigenvalue weighted by atomic mass is 10.00. The number of aliphatic hydroxyl groups is 4. The molecule has 0 bridgehead atoms. The summed E-state index contributed by atoms with van der Waals surface area (Å²) in [4.78, 5) is 12.4. The van der Waals surface area contributed by atoms with E-state index in [4.69, 9.17) is 0 Å². The van der Waals surface area contributed by atoms with Gasteiger partial charge in [-0.2, -0.15) is 0 Å². The zero-order valence-electron chi connectivity index (χ0n) is 30.6. The van der Waals surface area contributed by atoms with Gasteiger partial charge in [-0.15, -0.1) is 0 Å². The molecule has 1 amide bonds. The Balaban J connectivity index is 3.65. The molecule has 0 aromatic carbocycles. The average molecular weight is 654 g/mol. The topological polar surface area (TPSA) is 110 Å². The van der Waals surface area contributed by atoms with Crippen LogP contribution < -0.4 is 5.32 Å². The van der Waals surface area contributed by atoms with Gasteiger partial charge in [-0.05, 0) is 38.5 Å². The van der Waals surface area contributed by atoms with Gasteiger partial charge >= 0.3 is 0 Å².